The summed E-state index contributed by atoms with van der Waals surface area (Å²) in [4.78, 5) is 14.3. The van der Waals surface area contributed by atoms with E-state index in [0.29, 0.717) is 6.61 Å². The Balaban J connectivity index is 1.45. The third-order valence-corrected chi connectivity index (χ3v) is 5.34. The number of halogens is 1. The van der Waals surface area contributed by atoms with Gasteiger partial charge in [-0.1, -0.05) is 52.3 Å². The van der Waals surface area contributed by atoms with Gasteiger partial charge in [-0.2, -0.15) is 0 Å². The van der Waals surface area contributed by atoms with E-state index >= 15 is 0 Å². The number of nitrogens with zero attached hydrogens (tertiary/aromatic N) is 1. The molecular weight excluding hydrogens is 380 g/mol. The molecule has 3 rings (SSSR count). The van der Waals surface area contributed by atoms with Crippen molar-refractivity contribution in [3.05, 3.63) is 64.1 Å². The van der Waals surface area contributed by atoms with Gasteiger partial charge in [-0.25, -0.2) is 4.79 Å². The molecule has 2 aromatic carbocycles. The van der Waals surface area contributed by atoms with E-state index < -0.39 is 0 Å². The number of carbonyl (C=O) groups is 1. The van der Waals surface area contributed by atoms with Gasteiger partial charge in [0.2, 0.25) is 0 Å². The molecule has 1 aliphatic heterocycles. The maximum Gasteiger partial charge on any atom is 0.321 e. The zero-order chi connectivity index (χ0) is 17.6. The minimum absolute atomic E-state index is 0.0442. The number of hydrogen-bond donors (Lipinski definition) is 1. The largest absolute Gasteiger partial charge is 0.373 e. The van der Waals surface area contributed by atoms with Gasteiger partial charge in [-0.05, 0) is 43.0 Å². The third kappa shape index (κ3) is 5.06. The number of nitrogens with one attached hydrogen (secondary N) is 1. The van der Waals surface area contributed by atoms with E-state index in [-0.39, 0.29) is 12.1 Å². The monoisotopic (exact) mass is 402 g/mol. The molecule has 0 atom stereocenters. The SMILES string of the molecule is Cc1ccc(NC(=O)N2CCC(OCc3ccccc3)CC2)cc1Br. The molecule has 1 aliphatic rings. The molecule has 4 nitrogen and oxygen atoms in total. The molecule has 1 saturated heterocycles. The van der Waals surface area contributed by atoms with E-state index in [1.165, 1.54) is 5.56 Å². The van der Waals surface area contributed by atoms with E-state index in [4.69, 9.17) is 4.74 Å². The molecule has 0 saturated carbocycles. The summed E-state index contributed by atoms with van der Waals surface area (Å²) in [6.45, 7) is 4.10. The Morgan fingerprint density at radius 1 is 1.20 bits per heavy atom. The summed E-state index contributed by atoms with van der Waals surface area (Å²) in [5.41, 5.74) is 3.15. The van der Waals surface area contributed by atoms with E-state index in [2.05, 4.69) is 33.4 Å². The van der Waals surface area contributed by atoms with Crippen LogP contribution in [0.3, 0.4) is 0 Å². The van der Waals surface area contributed by atoms with Crippen molar-refractivity contribution >= 4 is 27.6 Å². The van der Waals surface area contributed by atoms with Crippen LogP contribution in [0, 0.1) is 6.92 Å². The standard InChI is InChI=1S/C20H23BrN2O2/c1-15-7-8-17(13-19(15)21)22-20(24)23-11-9-18(10-12-23)25-14-16-5-3-2-4-6-16/h2-8,13,18H,9-12,14H2,1H3,(H,22,24). The highest BCUT2D eigenvalue weighted by molar-refractivity contribution is 9.10. The molecule has 0 unspecified atom stereocenters. The predicted octanol–water partition coefficient (Wildman–Crippen LogP) is 4.97. The minimum Gasteiger partial charge on any atom is -0.373 e. The van der Waals surface area contributed by atoms with Crippen LogP contribution >= 0.6 is 15.9 Å². The molecule has 0 spiro atoms. The van der Waals surface area contributed by atoms with Crippen molar-refractivity contribution in [2.24, 2.45) is 0 Å². The number of amides is 2. The first kappa shape index (κ1) is 18.0. The lowest BCUT2D eigenvalue weighted by Crippen LogP contribution is -2.43. The number of hydrogen-bond acceptors (Lipinski definition) is 2. The normalized spacial score (nSPS) is 15.2. The van der Waals surface area contributed by atoms with Crippen LogP contribution in [-0.4, -0.2) is 30.1 Å². The molecule has 1 fully saturated rings. The molecule has 0 radical (unpaired) electrons. The van der Waals surface area contributed by atoms with Crippen LogP contribution in [0.2, 0.25) is 0 Å². The van der Waals surface area contributed by atoms with Crippen LogP contribution < -0.4 is 5.32 Å². The maximum atomic E-state index is 12.4. The van der Waals surface area contributed by atoms with E-state index in [1.807, 2.05) is 48.2 Å². The van der Waals surface area contributed by atoms with E-state index in [1.54, 1.807) is 0 Å². The van der Waals surface area contributed by atoms with E-state index in [0.717, 1.165) is 41.7 Å². The smallest absolute Gasteiger partial charge is 0.321 e. The van der Waals surface area contributed by atoms with Crippen molar-refractivity contribution < 1.29 is 9.53 Å². The first-order valence-corrected chi connectivity index (χ1v) is 9.39. The van der Waals surface area contributed by atoms with Gasteiger partial charge in [0.25, 0.3) is 0 Å². The minimum atomic E-state index is -0.0442. The number of piperidine rings is 1. The molecule has 2 amide bonds. The first-order chi connectivity index (χ1) is 12.1. The Morgan fingerprint density at radius 2 is 1.92 bits per heavy atom. The Labute approximate surface area is 157 Å². The van der Waals surface area contributed by atoms with Crippen LogP contribution in [0.1, 0.15) is 24.0 Å². The fraction of sp³-hybridized carbons (Fsp3) is 0.350. The molecule has 1 heterocycles. The van der Waals surface area contributed by atoms with Crippen LogP contribution in [0.5, 0.6) is 0 Å². The van der Waals surface area contributed by atoms with Gasteiger partial charge in [-0.15, -0.1) is 0 Å². The number of urea groups is 1. The number of rotatable bonds is 4. The summed E-state index contributed by atoms with van der Waals surface area (Å²) in [5.74, 6) is 0. The Hall–Kier alpha value is -1.85. The summed E-state index contributed by atoms with van der Waals surface area (Å²) in [7, 11) is 0. The molecule has 0 aliphatic carbocycles. The average Bonchev–Trinajstić information content (AvgIpc) is 2.64. The average molecular weight is 403 g/mol. The second-order valence-electron chi connectivity index (χ2n) is 6.38. The van der Waals surface area contributed by atoms with Crippen molar-refractivity contribution in [2.45, 2.75) is 32.5 Å². The molecule has 0 bridgehead atoms. The highest BCUT2D eigenvalue weighted by Gasteiger charge is 2.23. The lowest BCUT2D eigenvalue weighted by atomic mass is 10.1. The van der Waals surface area contributed by atoms with Gasteiger partial charge in [0.1, 0.15) is 0 Å². The zero-order valence-corrected chi connectivity index (χ0v) is 16.0. The fourth-order valence-corrected chi connectivity index (χ4v) is 3.27. The van der Waals surface area contributed by atoms with Crippen molar-refractivity contribution in [1.29, 1.82) is 0 Å². The number of benzene rings is 2. The van der Waals surface area contributed by atoms with Crippen LogP contribution in [0.15, 0.2) is 53.0 Å². The summed E-state index contributed by atoms with van der Waals surface area (Å²) in [6, 6.07) is 16.0. The van der Waals surface area contributed by atoms with Crippen molar-refractivity contribution in [2.75, 3.05) is 18.4 Å². The summed E-state index contributed by atoms with van der Waals surface area (Å²) in [5, 5.41) is 2.97. The number of carbonyl (C=O) groups excluding carboxylic acids is 1. The van der Waals surface area contributed by atoms with Crippen molar-refractivity contribution in [1.82, 2.24) is 4.90 Å². The topological polar surface area (TPSA) is 41.6 Å². The van der Waals surface area contributed by atoms with Gasteiger partial charge in [0, 0.05) is 23.2 Å². The summed E-state index contributed by atoms with van der Waals surface area (Å²) >= 11 is 3.49. The number of anilines is 1. The first-order valence-electron chi connectivity index (χ1n) is 8.59. The fourth-order valence-electron chi connectivity index (χ4n) is 2.89. The molecule has 1 N–H and O–H groups in total. The Bertz CT molecular complexity index is 713. The number of likely N-dealkylation sites (tertiary alicyclic amines) is 1. The molecule has 132 valence electrons. The third-order valence-electron chi connectivity index (χ3n) is 4.48. The molecule has 5 heteroatoms. The van der Waals surface area contributed by atoms with Gasteiger partial charge >= 0.3 is 6.03 Å². The quantitative estimate of drug-likeness (QED) is 0.783. The molecule has 25 heavy (non-hydrogen) atoms. The second kappa shape index (κ2) is 8.50. The van der Waals surface area contributed by atoms with E-state index in [9.17, 15) is 4.79 Å². The maximum absolute atomic E-state index is 12.4. The van der Waals surface area contributed by atoms with Gasteiger partial charge in [-0.3, -0.25) is 0 Å². The van der Waals surface area contributed by atoms with Crippen LogP contribution in [-0.2, 0) is 11.3 Å². The molecule has 2 aromatic rings. The van der Waals surface area contributed by atoms with Crippen LogP contribution in [0.25, 0.3) is 0 Å². The summed E-state index contributed by atoms with van der Waals surface area (Å²) in [6.07, 6.45) is 1.97. The lowest BCUT2D eigenvalue weighted by molar-refractivity contribution is 0.00540. The second-order valence-corrected chi connectivity index (χ2v) is 7.23. The van der Waals surface area contributed by atoms with Crippen molar-refractivity contribution in [3.63, 3.8) is 0 Å². The number of ether oxygens (including phenoxy) is 1. The van der Waals surface area contributed by atoms with Crippen molar-refractivity contribution in [3.8, 4) is 0 Å². The molecule has 0 aromatic heterocycles. The van der Waals surface area contributed by atoms with Gasteiger partial charge in [0.05, 0.1) is 12.7 Å². The summed E-state index contributed by atoms with van der Waals surface area (Å²) < 4.78 is 6.98. The highest BCUT2D eigenvalue weighted by Crippen LogP contribution is 2.22. The predicted molar refractivity (Wildman–Crippen MR) is 104 cm³/mol. The Kier molecular flexibility index (Phi) is 6.10. The zero-order valence-electron chi connectivity index (χ0n) is 14.4. The number of aryl methyl sites for hydroxylation is 1. The van der Waals surface area contributed by atoms with Crippen LogP contribution in [0.4, 0.5) is 10.5 Å². The van der Waals surface area contributed by atoms with Gasteiger partial charge < -0.3 is 15.0 Å². The Morgan fingerprint density at radius 3 is 2.60 bits per heavy atom. The van der Waals surface area contributed by atoms with Gasteiger partial charge in [0.15, 0.2) is 0 Å². The highest BCUT2D eigenvalue weighted by atomic mass is 79.9. The molecular formula is C20H23BrN2O2. The lowest BCUT2D eigenvalue weighted by Gasteiger charge is -2.32.